The van der Waals surface area contributed by atoms with E-state index in [-0.39, 0.29) is 18.5 Å². The van der Waals surface area contributed by atoms with Crippen molar-refractivity contribution < 1.29 is 24.5 Å². The van der Waals surface area contributed by atoms with Crippen LogP contribution in [0.2, 0.25) is 0 Å². The van der Waals surface area contributed by atoms with E-state index >= 15 is 0 Å². The van der Waals surface area contributed by atoms with Gasteiger partial charge in [-0.2, -0.15) is 0 Å². The number of amides is 1. The highest BCUT2D eigenvalue weighted by Gasteiger charge is 2.32. The summed E-state index contributed by atoms with van der Waals surface area (Å²) in [5.41, 5.74) is -1.34. The normalized spacial score (nSPS) is 12.0. The van der Waals surface area contributed by atoms with Gasteiger partial charge in [-0.25, -0.2) is 0 Å². The van der Waals surface area contributed by atoms with E-state index in [2.05, 4.69) is 43.5 Å². The fourth-order valence-electron chi connectivity index (χ4n) is 5.60. The first-order valence-electron chi connectivity index (χ1n) is 19.5. The summed E-state index contributed by atoms with van der Waals surface area (Å²) in [7, 11) is 0. The summed E-state index contributed by atoms with van der Waals surface area (Å²) in [6.07, 6.45) is 41.1. The standard InChI is InChI=1S/C40H75NO5/c1-3-5-7-9-11-13-15-17-19-21-23-25-27-29-31-33-38(44)41-40(35-42,36-43)37-46-39(45)34-32-30-28-26-24-22-20-18-16-14-12-10-8-6-4-2/h17-20,42-43H,3-16,21-37H2,1-2H3,(H,41,44)/b19-17-,20-18-. The number of ether oxygens (including phenoxy) is 1. The Labute approximate surface area is 284 Å². The molecule has 0 spiro atoms. The Morgan fingerprint density at radius 2 is 0.870 bits per heavy atom. The van der Waals surface area contributed by atoms with Gasteiger partial charge in [0.05, 0.1) is 13.2 Å². The van der Waals surface area contributed by atoms with E-state index in [9.17, 15) is 19.8 Å². The molecule has 0 unspecified atom stereocenters. The Morgan fingerprint density at radius 3 is 1.26 bits per heavy atom. The highest BCUT2D eigenvalue weighted by atomic mass is 16.5. The SMILES string of the molecule is CCCCCCCC/C=C\CCCCCCCC(=O)NC(CO)(CO)COC(=O)CCCCCCC/C=C\CCCCCCCC. The lowest BCUT2D eigenvalue weighted by Gasteiger charge is -2.30. The number of aliphatic hydroxyl groups excluding tert-OH is 2. The molecule has 0 heterocycles. The summed E-state index contributed by atoms with van der Waals surface area (Å²) in [5, 5.41) is 22.5. The molecule has 0 radical (unpaired) electrons. The summed E-state index contributed by atoms with van der Waals surface area (Å²) in [4.78, 5) is 24.8. The van der Waals surface area contributed by atoms with Crippen molar-refractivity contribution in [2.24, 2.45) is 0 Å². The minimum atomic E-state index is -1.34. The summed E-state index contributed by atoms with van der Waals surface area (Å²) in [6, 6.07) is 0. The number of aliphatic hydroxyl groups is 2. The van der Waals surface area contributed by atoms with Crippen LogP contribution >= 0.6 is 0 Å². The zero-order valence-corrected chi connectivity index (χ0v) is 30.3. The molecule has 0 fully saturated rings. The first-order chi connectivity index (χ1) is 22.5. The number of hydrogen-bond donors (Lipinski definition) is 3. The van der Waals surface area contributed by atoms with Crippen molar-refractivity contribution in [2.45, 2.75) is 199 Å². The molecule has 0 aliphatic rings. The fraction of sp³-hybridized carbons (Fsp3) is 0.850. The molecular formula is C40H75NO5. The number of nitrogens with one attached hydrogen (secondary N) is 1. The Hall–Kier alpha value is -1.66. The fourth-order valence-corrected chi connectivity index (χ4v) is 5.60. The zero-order valence-electron chi connectivity index (χ0n) is 30.3. The van der Waals surface area contributed by atoms with Crippen LogP contribution in [0.25, 0.3) is 0 Å². The second-order valence-corrected chi connectivity index (χ2v) is 13.5. The van der Waals surface area contributed by atoms with Gasteiger partial charge in [-0.3, -0.25) is 9.59 Å². The lowest BCUT2D eigenvalue weighted by Crippen LogP contribution is -2.57. The van der Waals surface area contributed by atoms with Gasteiger partial charge in [-0.15, -0.1) is 0 Å². The van der Waals surface area contributed by atoms with Gasteiger partial charge in [-0.1, -0.05) is 141 Å². The molecule has 0 aliphatic carbocycles. The molecule has 6 heteroatoms. The van der Waals surface area contributed by atoms with E-state index in [4.69, 9.17) is 4.74 Å². The number of carbonyl (C=O) groups is 2. The van der Waals surface area contributed by atoms with Gasteiger partial charge >= 0.3 is 5.97 Å². The second kappa shape index (κ2) is 34.7. The molecule has 0 saturated carbocycles. The smallest absolute Gasteiger partial charge is 0.305 e. The number of unbranched alkanes of at least 4 members (excludes halogenated alkanes) is 22. The molecule has 3 N–H and O–H groups in total. The average Bonchev–Trinajstić information content (AvgIpc) is 3.06. The molecule has 0 rings (SSSR count). The predicted octanol–water partition coefficient (Wildman–Crippen LogP) is 10.4. The van der Waals surface area contributed by atoms with E-state index in [0.717, 1.165) is 64.2 Å². The number of carbonyl (C=O) groups excluding carboxylic acids is 2. The Balaban J connectivity index is 3.83. The molecule has 0 bridgehead atoms. The lowest BCUT2D eigenvalue weighted by molar-refractivity contribution is -0.149. The Morgan fingerprint density at radius 1 is 0.522 bits per heavy atom. The van der Waals surface area contributed by atoms with Crippen LogP contribution in [0.1, 0.15) is 194 Å². The number of hydrogen-bond acceptors (Lipinski definition) is 5. The predicted molar refractivity (Wildman–Crippen MR) is 195 cm³/mol. The van der Waals surface area contributed by atoms with Crippen molar-refractivity contribution >= 4 is 11.9 Å². The first kappa shape index (κ1) is 44.3. The largest absolute Gasteiger partial charge is 0.463 e. The van der Waals surface area contributed by atoms with Crippen LogP contribution in [-0.2, 0) is 14.3 Å². The topological polar surface area (TPSA) is 95.9 Å². The third kappa shape index (κ3) is 29.7. The van der Waals surface area contributed by atoms with Gasteiger partial charge in [0.15, 0.2) is 0 Å². The van der Waals surface area contributed by atoms with E-state index in [0.29, 0.717) is 12.8 Å². The zero-order chi connectivity index (χ0) is 33.8. The highest BCUT2D eigenvalue weighted by Crippen LogP contribution is 2.13. The van der Waals surface area contributed by atoms with Crippen molar-refractivity contribution in [3.05, 3.63) is 24.3 Å². The van der Waals surface area contributed by atoms with Crippen LogP contribution in [0.15, 0.2) is 24.3 Å². The van der Waals surface area contributed by atoms with Crippen molar-refractivity contribution in [3.63, 3.8) is 0 Å². The summed E-state index contributed by atoms with van der Waals surface area (Å²) in [6.45, 7) is 3.32. The van der Waals surface area contributed by atoms with Gasteiger partial charge in [0.1, 0.15) is 12.1 Å². The summed E-state index contributed by atoms with van der Waals surface area (Å²) >= 11 is 0. The van der Waals surface area contributed by atoms with Crippen LogP contribution in [0.3, 0.4) is 0 Å². The Kier molecular flexibility index (Phi) is 33.4. The molecule has 0 aromatic heterocycles. The van der Waals surface area contributed by atoms with Gasteiger partial charge < -0.3 is 20.3 Å². The minimum absolute atomic E-state index is 0.220. The number of rotatable bonds is 35. The first-order valence-corrected chi connectivity index (χ1v) is 19.5. The van der Waals surface area contributed by atoms with Gasteiger partial charge in [-0.05, 0) is 64.2 Å². The van der Waals surface area contributed by atoms with Gasteiger partial charge in [0, 0.05) is 12.8 Å². The maximum atomic E-state index is 12.5. The summed E-state index contributed by atoms with van der Waals surface area (Å²) < 4.78 is 5.35. The monoisotopic (exact) mass is 650 g/mol. The van der Waals surface area contributed by atoms with Crippen LogP contribution in [0.5, 0.6) is 0 Å². The van der Waals surface area contributed by atoms with Crippen molar-refractivity contribution in [2.75, 3.05) is 19.8 Å². The maximum absolute atomic E-state index is 12.5. The number of allylic oxidation sites excluding steroid dienone is 4. The van der Waals surface area contributed by atoms with E-state index in [1.54, 1.807) is 0 Å². The van der Waals surface area contributed by atoms with E-state index in [1.807, 2.05) is 0 Å². The molecule has 0 saturated heterocycles. The molecule has 0 aliphatic heterocycles. The molecular weight excluding hydrogens is 574 g/mol. The average molecular weight is 650 g/mol. The van der Waals surface area contributed by atoms with Gasteiger partial charge in [0.2, 0.25) is 5.91 Å². The van der Waals surface area contributed by atoms with Crippen molar-refractivity contribution in [3.8, 4) is 0 Å². The van der Waals surface area contributed by atoms with E-state index in [1.165, 1.54) is 103 Å². The molecule has 0 aromatic rings. The molecule has 46 heavy (non-hydrogen) atoms. The third-order valence-electron chi connectivity index (χ3n) is 8.83. The van der Waals surface area contributed by atoms with Crippen LogP contribution in [-0.4, -0.2) is 47.4 Å². The van der Waals surface area contributed by atoms with Crippen LogP contribution in [0, 0.1) is 0 Å². The van der Waals surface area contributed by atoms with E-state index < -0.39 is 18.8 Å². The lowest BCUT2D eigenvalue weighted by atomic mass is 10.0. The highest BCUT2D eigenvalue weighted by molar-refractivity contribution is 5.77. The third-order valence-corrected chi connectivity index (χ3v) is 8.83. The van der Waals surface area contributed by atoms with Crippen LogP contribution in [0.4, 0.5) is 0 Å². The molecule has 1 amide bonds. The molecule has 0 atom stereocenters. The summed E-state index contributed by atoms with van der Waals surface area (Å²) in [5.74, 6) is -0.579. The van der Waals surface area contributed by atoms with Crippen LogP contribution < -0.4 is 5.32 Å². The minimum Gasteiger partial charge on any atom is -0.463 e. The molecule has 270 valence electrons. The quantitative estimate of drug-likeness (QED) is 0.0361. The maximum Gasteiger partial charge on any atom is 0.305 e. The van der Waals surface area contributed by atoms with Crippen molar-refractivity contribution in [1.82, 2.24) is 5.32 Å². The van der Waals surface area contributed by atoms with Crippen molar-refractivity contribution in [1.29, 1.82) is 0 Å². The Bertz CT molecular complexity index is 731. The molecule has 0 aromatic carbocycles. The second-order valence-electron chi connectivity index (χ2n) is 13.5. The van der Waals surface area contributed by atoms with Gasteiger partial charge in [0.25, 0.3) is 0 Å². The molecule has 6 nitrogen and oxygen atoms in total. The number of esters is 1.